The number of nitrogens with zero attached hydrogens (tertiary/aromatic N) is 5. The van der Waals surface area contributed by atoms with Gasteiger partial charge < -0.3 is 14.6 Å². The minimum absolute atomic E-state index is 0.125. The van der Waals surface area contributed by atoms with Gasteiger partial charge in [-0.25, -0.2) is 9.97 Å². The molecular formula is C21H26N6O. The number of imidazole rings is 1. The first-order valence-electron chi connectivity index (χ1n) is 9.38. The van der Waals surface area contributed by atoms with Crippen molar-refractivity contribution in [1.29, 1.82) is 5.26 Å². The summed E-state index contributed by atoms with van der Waals surface area (Å²) in [6, 6.07) is 9.65. The van der Waals surface area contributed by atoms with Crippen LogP contribution >= 0.6 is 0 Å². The fourth-order valence-electron chi connectivity index (χ4n) is 2.88. The summed E-state index contributed by atoms with van der Waals surface area (Å²) in [5.41, 5.74) is 3.13. The Balaban J connectivity index is 2.04. The molecule has 7 heteroatoms. The van der Waals surface area contributed by atoms with Crippen molar-refractivity contribution < 1.29 is 4.74 Å². The van der Waals surface area contributed by atoms with Gasteiger partial charge in [0.1, 0.15) is 11.3 Å². The van der Waals surface area contributed by atoms with E-state index < -0.39 is 0 Å². The average molecular weight is 378 g/mol. The number of fused-ring (bicyclic) bond motifs is 1. The molecule has 28 heavy (non-hydrogen) atoms. The summed E-state index contributed by atoms with van der Waals surface area (Å²) in [6.45, 7) is 8.62. The van der Waals surface area contributed by atoms with Gasteiger partial charge in [-0.3, -0.25) is 0 Å². The van der Waals surface area contributed by atoms with Gasteiger partial charge in [-0.15, -0.1) is 0 Å². The normalized spacial score (nSPS) is 11.5. The van der Waals surface area contributed by atoms with Crippen molar-refractivity contribution in [2.45, 2.75) is 33.7 Å². The Morgan fingerprint density at radius 3 is 2.79 bits per heavy atom. The molecule has 0 unspecified atom stereocenters. The number of hydrogen-bond acceptors (Lipinski definition) is 6. The summed E-state index contributed by atoms with van der Waals surface area (Å²) < 4.78 is 7.29. The van der Waals surface area contributed by atoms with Gasteiger partial charge in [0.05, 0.1) is 17.8 Å². The summed E-state index contributed by atoms with van der Waals surface area (Å²) in [4.78, 5) is 13.9. The van der Waals surface area contributed by atoms with Crippen molar-refractivity contribution in [3.8, 4) is 17.5 Å². The second kappa shape index (κ2) is 8.36. The Labute approximate surface area is 165 Å². The minimum atomic E-state index is 0.125. The number of nitrogens with one attached hydrogen (secondary N) is 1. The largest absolute Gasteiger partial charge is 0.385 e. The van der Waals surface area contributed by atoms with Gasteiger partial charge in [0, 0.05) is 32.4 Å². The molecule has 3 aromatic rings. The maximum Gasteiger partial charge on any atom is 0.224 e. The van der Waals surface area contributed by atoms with E-state index in [1.54, 1.807) is 19.4 Å². The highest BCUT2D eigenvalue weighted by Crippen LogP contribution is 2.25. The predicted octanol–water partition coefficient (Wildman–Crippen LogP) is 3.86. The van der Waals surface area contributed by atoms with Gasteiger partial charge in [0.15, 0.2) is 5.65 Å². The first kappa shape index (κ1) is 19.8. The summed E-state index contributed by atoms with van der Waals surface area (Å²) in [5.74, 6) is 1.37. The molecule has 2 heterocycles. The first-order valence-corrected chi connectivity index (χ1v) is 9.38. The average Bonchev–Trinajstić information content (AvgIpc) is 3.04. The molecule has 0 radical (unpaired) electrons. The second-order valence-electron chi connectivity index (χ2n) is 7.94. The van der Waals surface area contributed by atoms with Gasteiger partial charge in [-0.05, 0) is 24.0 Å². The molecule has 0 aliphatic rings. The van der Waals surface area contributed by atoms with E-state index in [9.17, 15) is 5.26 Å². The Bertz CT molecular complexity index is 996. The third-order valence-corrected chi connectivity index (χ3v) is 4.24. The number of rotatable bonds is 7. The molecule has 0 fully saturated rings. The Morgan fingerprint density at radius 2 is 2.07 bits per heavy atom. The molecule has 2 aromatic heterocycles. The van der Waals surface area contributed by atoms with E-state index in [1.807, 2.05) is 18.2 Å². The highest BCUT2D eigenvalue weighted by molar-refractivity contribution is 5.77. The zero-order valence-electron chi connectivity index (χ0n) is 16.9. The van der Waals surface area contributed by atoms with Crippen LogP contribution in [0.25, 0.3) is 22.6 Å². The Morgan fingerprint density at radius 1 is 1.25 bits per heavy atom. The van der Waals surface area contributed by atoms with Crippen molar-refractivity contribution in [2.75, 3.05) is 25.6 Å². The molecule has 0 bridgehead atoms. The number of methoxy groups -OCH3 is 1. The minimum Gasteiger partial charge on any atom is -0.385 e. The van der Waals surface area contributed by atoms with Crippen LogP contribution in [0.1, 0.15) is 32.8 Å². The first-order chi connectivity index (χ1) is 13.4. The molecule has 0 aliphatic carbocycles. The van der Waals surface area contributed by atoms with E-state index in [-0.39, 0.29) is 5.41 Å². The summed E-state index contributed by atoms with van der Waals surface area (Å²) in [6.07, 6.45) is 2.58. The number of aryl methyl sites for hydroxylation is 1. The number of hydrogen-bond donors (Lipinski definition) is 1. The summed E-state index contributed by atoms with van der Waals surface area (Å²) in [5, 5.41) is 12.5. The third kappa shape index (κ3) is 4.65. The van der Waals surface area contributed by atoms with Gasteiger partial charge in [-0.1, -0.05) is 32.9 Å². The molecule has 7 nitrogen and oxygen atoms in total. The lowest BCUT2D eigenvalue weighted by molar-refractivity contribution is 0.191. The van der Waals surface area contributed by atoms with Crippen molar-refractivity contribution in [3.05, 3.63) is 36.0 Å². The Hall–Kier alpha value is -2.98. The van der Waals surface area contributed by atoms with E-state index in [0.29, 0.717) is 24.7 Å². The summed E-state index contributed by atoms with van der Waals surface area (Å²) in [7, 11) is 1.69. The maximum atomic E-state index is 9.23. The zero-order chi connectivity index (χ0) is 20.1. The van der Waals surface area contributed by atoms with Crippen LogP contribution in [0.2, 0.25) is 0 Å². The van der Waals surface area contributed by atoms with Crippen LogP contribution < -0.4 is 5.32 Å². The van der Waals surface area contributed by atoms with Crippen molar-refractivity contribution in [3.63, 3.8) is 0 Å². The lowest BCUT2D eigenvalue weighted by atomic mass is 9.97. The standard InChI is InChI=1S/C21H26N6O/c1-21(2,3)14-24-20-23-13-17-19(26-20)27(9-6-10-28-4)18(25-17)16-8-5-7-15(11-16)12-22/h5,7-8,11,13H,6,9-10,14H2,1-4H3,(H,23,24,26). The third-order valence-electron chi connectivity index (χ3n) is 4.24. The lowest BCUT2D eigenvalue weighted by Gasteiger charge is -2.18. The fourth-order valence-corrected chi connectivity index (χ4v) is 2.88. The molecule has 0 amide bonds. The molecule has 0 atom stereocenters. The molecule has 1 aromatic carbocycles. The second-order valence-corrected chi connectivity index (χ2v) is 7.94. The van der Waals surface area contributed by atoms with Gasteiger partial charge in [-0.2, -0.15) is 10.2 Å². The van der Waals surface area contributed by atoms with Crippen molar-refractivity contribution in [1.82, 2.24) is 19.5 Å². The van der Waals surface area contributed by atoms with E-state index in [1.165, 1.54) is 0 Å². The van der Waals surface area contributed by atoms with Crippen LogP contribution in [-0.4, -0.2) is 39.8 Å². The number of benzene rings is 1. The maximum absolute atomic E-state index is 9.23. The predicted molar refractivity (Wildman–Crippen MR) is 110 cm³/mol. The SMILES string of the molecule is COCCCn1c(-c2cccc(C#N)c2)nc2cnc(NCC(C)(C)C)nc21. The van der Waals surface area contributed by atoms with Crippen LogP contribution in [0.15, 0.2) is 30.5 Å². The van der Waals surface area contributed by atoms with Gasteiger partial charge in [0.25, 0.3) is 0 Å². The van der Waals surface area contributed by atoms with E-state index in [4.69, 9.17) is 14.7 Å². The van der Waals surface area contributed by atoms with Gasteiger partial charge in [0.2, 0.25) is 5.95 Å². The van der Waals surface area contributed by atoms with Crippen LogP contribution in [-0.2, 0) is 11.3 Å². The molecule has 3 rings (SSSR count). The number of anilines is 1. The molecule has 146 valence electrons. The van der Waals surface area contributed by atoms with E-state index in [0.717, 1.165) is 35.5 Å². The topological polar surface area (TPSA) is 88.7 Å². The van der Waals surface area contributed by atoms with Crippen LogP contribution in [0, 0.1) is 16.7 Å². The van der Waals surface area contributed by atoms with Crippen molar-refractivity contribution >= 4 is 17.1 Å². The number of aromatic nitrogens is 4. The smallest absolute Gasteiger partial charge is 0.224 e. The fraction of sp³-hybridized carbons (Fsp3) is 0.429. The molecule has 0 saturated heterocycles. The highest BCUT2D eigenvalue weighted by Gasteiger charge is 2.16. The van der Waals surface area contributed by atoms with E-state index >= 15 is 0 Å². The number of ether oxygens (including phenoxy) is 1. The molecule has 1 N–H and O–H groups in total. The van der Waals surface area contributed by atoms with Gasteiger partial charge >= 0.3 is 0 Å². The zero-order valence-corrected chi connectivity index (χ0v) is 16.9. The van der Waals surface area contributed by atoms with E-state index in [2.05, 4.69) is 41.7 Å². The van der Waals surface area contributed by atoms with Crippen molar-refractivity contribution in [2.24, 2.45) is 5.41 Å². The van der Waals surface area contributed by atoms with Crippen LogP contribution in [0.5, 0.6) is 0 Å². The number of nitriles is 1. The lowest BCUT2D eigenvalue weighted by Crippen LogP contribution is -2.20. The Kier molecular flexibility index (Phi) is 5.90. The highest BCUT2D eigenvalue weighted by atomic mass is 16.5. The summed E-state index contributed by atoms with van der Waals surface area (Å²) >= 11 is 0. The van der Waals surface area contributed by atoms with Crippen LogP contribution in [0.4, 0.5) is 5.95 Å². The quantitative estimate of drug-likeness (QED) is 0.628. The van der Waals surface area contributed by atoms with Crippen LogP contribution in [0.3, 0.4) is 0 Å². The monoisotopic (exact) mass is 378 g/mol. The molecule has 0 aliphatic heterocycles. The molecule has 0 saturated carbocycles. The molecular weight excluding hydrogens is 352 g/mol. The molecule has 0 spiro atoms.